The van der Waals surface area contributed by atoms with Crippen molar-refractivity contribution in [1.29, 1.82) is 0 Å². The van der Waals surface area contributed by atoms with Gasteiger partial charge in [-0.3, -0.25) is 9.39 Å². The zero-order valence-electron chi connectivity index (χ0n) is 16.2. The molecule has 3 aromatic rings. The second kappa shape index (κ2) is 9.72. The van der Waals surface area contributed by atoms with Crippen molar-refractivity contribution in [3.63, 3.8) is 0 Å². The van der Waals surface area contributed by atoms with Crippen molar-refractivity contribution in [3.05, 3.63) is 43.0 Å². The van der Waals surface area contributed by atoms with Crippen molar-refractivity contribution < 1.29 is 4.74 Å². The molecule has 0 aliphatic carbocycles. The summed E-state index contributed by atoms with van der Waals surface area (Å²) in [6, 6.07) is 7.59. The van der Waals surface area contributed by atoms with Crippen LogP contribution in [0.5, 0.6) is 5.75 Å². The van der Waals surface area contributed by atoms with Crippen LogP contribution in [0.25, 0.3) is 5.65 Å². The van der Waals surface area contributed by atoms with E-state index >= 15 is 0 Å². The second-order valence-electron chi connectivity index (χ2n) is 6.85. The molecule has 1 unspecified atom stereocenters. The summed E-state index contributed by atoms with van der Waals surface area (Å²) in [6.07, 6.45) is 7.53. The van der Waals surface area contributed by atoms with Gasteiger partial charge in [0.1, 0.15) is 12.1 Å². The lowest BCUT2D eigenvalue weighted by Gasteiger charge is -2.32. The fourth-order valence-corrected chi connectivity index (χ4v) is 3.46. The molecule has 3 N–H and O–H groups in total. The number of hydrogen-bond acceptors (Lipinski definition) is 6. The molecule has 154 valence electrons. The predicted octanol–water partition coefficient (Wildman–Crippen LogP) is 2.39. The minimum absolute atomic E-state index is 0. The van der Waals surface area contributed by atoms with Gasteiger partial charge in [0.05, 0.1) is 7.11 Å². The molecule has 0 amide bonds. The van der Waals surface area contributed by atoms with E-state index in [4.69, 9.17) is 10.5 Å². The van der Waals surface area contributed by atoms with Gasteiger partial charge in [-0.1, -0.05) is 0 Å². The quantitative estimate of drug-likeness (QED) is 0.310. The summed E-state index contributed by atoms with van der Waals surface area (Å²) in [5.74, 6) is 2.51. The van der Waals surface area contributed by atoms with Crippen LogP contribution in [-0.2, 0) is 0 Å². The third-order valence-corrected chi connectivity index (χ3v) is 4.90. The Balaban J connectivity index is 0.00000240. The van der Waals surface area contributed by atoms with Crippen molar-refractivity contribution in [2.24, 2.45) is 16.6 Å². The molecule has 1 saturated heterocycles. The van der Waals surface area contributed by atoms with E-state index < -0.39 is 0 Å². The molecule has 29 heavy (non-hydrogen) atoms. The molecule has 0 bridgehead atoms. The number of halogens is 1. The van der Waals surface area contributed by atoms with Gasteiger partial charge in [0.25, 0.3) is 0 Å². The topological polar surface area (TPSA) is 106 Å². The van der Waals surface area contributed by atoms with Crippen LogP contribution in [0.3, 0.4) is 0 Å². The molecular weight excluding hydrogens is 483 g/mol. The maximum absolute atomic E-state index is 6.06. The number of aliphatic imine (C=N–C) groups is 1. The van der Waals surface area contributed by atoms with Crippen LogP contribution < -0.4 is 20.7 Å². The molecule has 0 spiro atoms. The van der Waals surface area contributed by atoms with Gasteiger partial charge in [0.15, 0.2) is 11.8 Å². The molecule has 0 saturated carbocycles. The van der Waals surface area contributed by atoms with E-state index in [1.54, 1.807) is 19.6 Å². The molecule has 9 nitrogen and oxygen atoms in total. The Labute approximate surface area is 186 Å². The summed E-state index contributed by atoms with van der Waals surface area (Å²) in [7, 11) is 1.64. The second-order valence-corrected chi connectivity index (χ2v) is 6.85. The Kier molecular flexibility index (Phi) is 7.07. The average Bonchev–Trinajstić information content (AvgIpc) is 3.22. The van der Waals surface area contributed by atoms with Crippen molar-refractivity contribution in [2.75, 3.05) is 37.0 Å². The lowest BCUT2D eigenvalue weighted by atomic mass is 9.98. The number of nitrogens with two attached hydrogens (primary N) is 1. The standard InChI is InChI=1S/C19H24N8O.HI/c1-28-16-6-4-15(5-7-16)24-19(20)22-11-14-3-2-9-26(12-14)17-18-25-23-13-27(18)10-8-21-17;/h4-8,10,13-14H,2-3,9,11-12H2,1H3,(H3,20,22,24);1H. The van der Waals surface area contributed by atoms with E-state index in [2.05, 4.69) is 30.4 Å². The maximum atomic E-state index is 6.06. The van der Waals surface area contributed by atoms with E-state index in [1.807, 2.05) is 34.9 Å². The van der Waals surface area contributed by atoms with E-state index in [-0.39, 0.29) is 24.0 Å². The van der Waals surface area contributed by atoms with Gasteiger partial charge in [0, 0.05) is 37.7 Å². The maximum Gasteiger partial charge on any atom is 0.203 e. The van der Waals surface area contributed by atoms with Crippen LogP contribution in [-0.4, -0.2) is 52.3 Å². The van der Waals surface area contributed by atoms with E-state index in [9.17, 15) is 0 Å². The molecule has 3 heterocycles. The lowest BCUT2D eigenvalue weighted by molar-refractivity contribution is 0.415. The number of aromatic nitrogens is 4. The fourth-order valence-electron chi connectivity index (χ4n) is 3.46. The largest absolute Gasteiger partial charge is 0.497 e. The first-order chi connectivity index (χ1) is 13.7. The Morgan fingerprint density at radius 3 is 2.97 bits per heavy atom. The zero-order valence-corrected chi connectivity index (χ0v) is 18.6. The van der Waals surface area contributed by atoms with Gasteiger partial charge in [-0.2, -0.15) is 0 Å². The predicted molar refractivity (Wildman–Crippen MR) is 124 cm³/mol. The highest BCUT2D eigenvalue weighted by molar-refractivity contribution is 14.0. The molecule has 0 radical (unpaired) electrons. The van der Waals surface area contributed by atoms with Crippen molar-refractivity contribution in [3.8, 4) is 5.75 Å². The molecule has 10 heteroatoms. The average molecular weight is 508 g/mol. The fraction of sp³-hybridized carbons (Fsp3) is 0.368. The van der Waals surface area contributed by atoms with Crippen LogP contribution >= 0.6 is 24.0 Å². The van der Waals surface area contributed by atoms with Crippen LogP contribution in [0.15, 0.2) is 48.0 Å². The smallest absolute Gasteiger partial charge is 0.203 e. The van der Waals surface area contributed by atoms with Crippen LogP contribution in [0.4, 0.5) is 11.5 Å². The Morgan fingerprint density at radius 2 is 2.17 bits per heavy atom. The molecular formula is C19H25IN8O. The number of rotatable bonds is 5. The molecule has 1 aromatic carbocycles. The molecule has 1 aliphatic heterocycles. The first kappa shape index (κ1) is 21.1. The highest BCUT2D eigenvalue weighted by Gasteiger charge is 2.23. The van der Waals surface area contributed by atoms with Gasteiger partial charge in [-0.15, -0.1) is 34.2 Å². The van der Waals surface area contributed by atoms with Crippen molar-refractivity contribution in [1.82, 2.24) is 19.6 Å². The van der Waals surface area contributed by atoms with Gasteiger partial charge < -0.3 is 20.7 Å². The van der Waals surface area contributed by atoms with Gasteiger partial charge in [-0.05, 0) is 43.0 Å². The summed E-state index contributed by atoms with van der Waals surface area (Å²) in [4.78, 5) is 11.3. The SMILES string of the molecule is COc1ccc(NC(N)=NCC2CCCN(c3nccn4cnnc34)C2)cc1.I. The zero-order chi connectivity index (χ0) is 19.3. The van der Waals surface area contributed by atoms with E-state index in [1.165, 1.54) is 0 Å². The number of benzene rings is 1. The molecule has 2 aromatic heterocycles. The number of hydrogen-bond donors (Lipinski definition) is 2. The number of nitrogens with zero attached hydrogens (tertiary/aromatic N) is 6. The molecule has 1 atom stereocenters. The Hall–Kier alpha value is -2.63. The van der Waals surface area contributed by atoms with Gasteiger partial charge in [-0.25, -0.2) is 4.98 Å². The first-order valence-corrected chi connectivity index (χ1v) is 9.33. The summed E-state index contributed by atoms with van der Waals surface area (Å²) < 4.78 is 7.05. The third kappa shape index (κ3) is 5.05. The molecule has 1 aliphatic rings. The number of methoxy groups -OCH3 is 1. The minimum Gasteiger partial charge on any atom is -0.497 e. The van der Waals surface area contributed by atoms with Crippen LogP contribution in [0.2, 0.25) is 0 Å². The van der Waals surface area contributed by atoms with Crippen molar-refractivity contribution in [2.45, 2.75) is 12.8 Å². The number of nitrogens with one attached hydrogen (secondary N) is 1. The minimum atomic E-state index is 0. The number of anilines is 2. The normalized spacial score (nSPS) is 17.1. The number of piperidine rings is 1. The number of ether oxygens (including phenoxy) is 1. The Bertz CT molecular complexity index is 958. The van der Waals surface area contributed by atoms with Crippen LogP contribution in [0, 0.1) is 5.92 Å². The lowest BCUT2D eigenvalue weighted by Crippen LogP contribution is -2.38. The van der Waals surface area contributed by atoms with Crippen molar-refractivity contribution >= 4 is 47.1 Å². The van der Waals surface area contributed by atoms with Gasteiger partial charge in [0.2, 0.25) is 5.65 Å². The van der Waals surface area contributed by atoms with Crippen LogP contribution in [0.1, 0.15) is 12.8 Å². The number of fused-ring (bicyclic) bond motifs is 1. The third-order valence-electron chi connectivity index (χ3n) is 4.90. The van der Waals surface area contributed by atoms with Gasteiger partial charge >= 0.3 is 0 Å². The van der Waals surface area contributed by atoms with E-state index in [0.29, 0.717) is 18.4 Å². The number of guanidine groups is 1. The summed E-state index contributed by atoms with van der Waals surface area (Å²) in [5, 5.41) is 11.3. The highest BCUT2D eigenvalue weighted by atomic mass is 127. The molecule has 4 rings (SSSR count). The monoisotopic (exact) mass is 508 g/mol. The summed E-state index contributed by atoms with van der Waals surface area (Å²) >= 11 is 0. The highest BCUT2D eigenvalue weighted by Crippen LogP contribution is 2.24. The molecule has 1 fully saturated rings. The summed E-state index contributed by atoms with van der Waals surface area (Å²) in [6.45, 7) is 2.50. The summed E-state index contributed by atoms with van der Waals surface area (Å²) in [5.41, 5.74) is 7.73. The Morgan fingerprint density at radius 1 is 1.34 bits per heavy atom. The van der Waals surface area contributed by atoms with E-state index in [0.717, 1.165) is 48.8 Å². The first-order valence-electron chi connectivity index (χ1n) is 9.33.